The summed E-state index contributed by atoms with van der Waals surface area (Å²) in [6.45, 7) is 5.20. The van der Waals surface area contributed by atoms with Crippen molar-refractivity contribution in [3.63, 3.8) is 0 Å². The van der Waals surface area contributed by atoms with Crippen LogP contribution in [0.25, 0.3) is 16.8 Å². The van der Waals surface area contributed by atoms with Crippen LogP contribution in [0.1, 0.15) is 32.4 Å². The van der Waals surface area contributed by atoms with Gasteiger partial charge in [-0.1, -0.05) is 32.0 Å². The number of esters is 1. The van der Waals surface area contributed by atoms with E-state index in [1.165, 1.54) is 30.8 Å². The molecule has 3 rings (SSSR count). The summed E-state index contributed by atoms with van der Waals surface area (Å²) in [4.78, 5) is 23.6. The molecule has 31 heavy (non-hydrogen) atoms. The van der Waals surface area contributed by atoms with E-state index in [0.29, 0.717) is 22.6 Å². The molecule has 0 aliphatic heterocycles. The highest BCUT2D eigenvalue weighted by molar-refractivity contribution is 5.92. The van der Waals surface area contributed by atoms with Crippen molar-refractivity contribution in [1.82, 2.24) is 9.78 Å². The average Bonchev–Trinajstić information content (AvgIpc) is 3.07. The molecule has 0 fully saturated rings. The second-order valence-electron chi connectivity index (χ2n) is 7.26. The largest absolute Gasteiger partial charge is 0.407 e. The molecule has 2 aromatic carbocycles. The molecule has 8 heteroatoms. The molecule has 0 aliphatic carbocycles. The highest BCUT2D eigenvalue weighted by atomic mass is 19.1. The summed E-state index contributed by atoms with van der Waals surface area (Å²) in [5.41, 5.74) is 3.10. The fraction of sp³-hybridized carbons (Fsp3) is 0.261. The third kappa shape index (κ3) is 5.16. The number of carbonyl (C=O) groups excluding carboxylic acids is 2. The van der Waals surface area contributed by atoms with Gasteiger partial charge in [0, 0.05) is 19.7 Å². The molecule has 0 bridgehead atoms. The van der Waals surface area contributed by atoms with E-state index in [2.05, 4.69) is 10.4 Å². The van der Waals surface area contributed by atoms with Crippen molar-refractivity contribution in [3.05, 3.63) is 60.0 Å². The molecule has 0 saturated heterocycles. The lowest BCUT2D eigenvalue weighted by atomic mass is 9.99. The molecule has 0 saturated carbocycles. The van der Waals surface area contributed by atoms with Gasteiger partial charge in [0.25, 0.3) is 0 Å². The van der Waals surface area contributed by atoms with E-state index < -0.39 is 11.8 Å². The highest BCUT2D eigenvalue weighted by Crippen LogP contribution is 2.39. The lowest BCUT2D eigenvalue weighted by Gasteiger charge is -2.11. The quantitative estimate of drug-likeness (QED) is 0.571. The standard InChI is InChI=1S/C23H24FN3O4/c1-14(2)22-21(16-8-10-18(11-9-16)25-20(29)13-30-4)23(31-15(3)28)27(26-22)19-7-5-6-17(24)12-19/h5-12,14H,13H2,1-4H3,(H,25,29). The minimum atomic E-state index is -0.516. The molecular formula is C23H24FN3O4. The van der Waals surface area contributed by atoms with Crippen LogP contribution < -0.4 is 10.1 Å². The van der Waals surface area contributed by atoms with Gasteiger partial charge in [0.2, 0.25) is 11.8 Å². The number of hydrogen-bond acceptors (Lipinski definition) is 5. The monoisotopic (exact) mass is 425 g/mol. The fourth-order valence-electron chi connectivity index (χ4n) is 3.16. The number of amides is 1. The van der Waals surface area contributed by atoms with Crippen LogP contribution in [-0.4, -0.2) is 35.4 Å². The van der Waals surface area contributed by atoms with Gasteiger partial charge in [-0.25, -0.2) is 4.39 Å². The van der Waals surface area contributed by atoms with Gasteiger partial charge in [0.1, 0.15) is 12.4 Å². The van der Waals surface area contributed by atoms with E-state index in [9.17, 15) is 14.0 Å². The van der Waals surface area contributed by atoms with Crippen molar-refractivity contribution in [3.8, 4) is 22.7 Å². The molecule has 0 unspecified atom stereocenters. The molecule has 0 aliphatic rings. The van der Waals surface area contributed by atoms with Crippen molar-refractivity contribution < 1.29 is 23.5 Å². The molecule has 162 valence electrons. The molecule has 1 aromatic heterocycles. The van der Waals surface area contributed by atoms with Crippen molar-refractivity contribution in [2.24, 2.45) is 0 Å². The first kappa shape index (κ1) is 22.2. The lowest BCUT2D eigenvalue weighted by Crippen LogP contribution is -2.16. The number of nitrogens with one attached hydrogen (secondary N) is 1. The minimum Gasteiger partial charge on any atom is -0.407 e. The van der Waals surface area contributed by atoms with Crippen LogP contribution in [0.4, 0.5) is 10.1 Å². The maximum Gasteiger partial charge on any atom is 0.309 e. The number of ether oxygens (including phenoxy) is 2. The summed E-state index contributed by atoms with van der Waals surface area (Å²) in [5.74, 6) is -1.00. The van der Waals surface area contributed by atoms with E-state index >= 15 is 0 Å². The normalized spacial score (nSPS) is 10.9. The molecular weight excluding hydrogens is 401 g/mol. The van der Waals surface area contributed by atoms with E-state index in [1.807, 2.05) is 13.8 Å². The Morgan fingerprint density at radius 1 is 1.16 bits per heavy atom. The Morgan fingerprint density at radius 3 is 2.45 bits per heavy atom. The summed E-state index contributed by atoms with van der Waals surface area (Å²) < 4.78 is 25.6. The molecule has 0 radical (unpaired) electrons. The molecule has 1 heterocycles. The number of benzene rings is 2. The first-order chi connectivity index (χ1) is 14.8. The SMILES string of the molecule is COCC(=O)Nc1ccc(-c2c(C(C)C)nn(-c3cccc(F)c3)c2OC(C)=O)cc1. The van der Waals surface area contributed by atoms with Crippen molar-refractivity contribution in [2.45, 2.75) is 26.7 Å². The Balaban J connectivity index is 2.12. The van der Waals surface area contributed by atoms with Crippen LogP contribution in [0, 0.1) is 5.82 Å². The number of nitrogens with zero attached hydrogens (tertiary/aromatic N) is 2. The zero-order valence-electron chi connectivity index (χ0n) is 17.8. The smallest absolute Gasteiger partial charge is 0.309 e. The predicted octanol–water partition coefficient (Wildman–Crippen LogP) is 4.31. The van der Waals surface area contributed by atoms with Crippen molar-refractivity contribution in [2.75, 3.05) is 19.0 Å². The Labute approximate surface area is 179 Å². The van der Waals surface area contributed by atoms with E-state index in [1.54, 1.807) is 36.4 Å². The van der Waals surface area contributed by atoms with E-state index in [4.69, 9.17) is 9.47 Å². The fourth-order valence-corrected chi connectivity index (χ4v) is 3.16. The van der Waals surface area contributed by atoms with Crippen LogP contribution in [0.3, 0.4) is 0 Å². The molecule has 1 amide bonds. The number of carbonyl (C=O) groups is 2. The summed E-state index contributed by atoms with van der Waals surface area (Å²) in [5, 5.41) is 7.36. The Bertz CT molecular complexity index is 1090. The summed E-state index contributed by atoms with van der Waals surface area (Å²) in [6.07, 6.45) is 0. The summed E-state index contributed by atoms with van der Waals surface area (Å²) in [7, 11) is 1.45. The zero-order chi connectivity index (χ0) is 22.5. The van der Waals surface area contributed by atoms with Gasteiger partial charge < -0.3 is 14.8 Å². The van der Waals surface area contributed by atoms with Gasteiger partial charge in [0.15, 0.2) is 0 Å². The number of aromatic nitrogens is 2. The van der Waals surface area contributed by atoms with Crippen molar-refractivity contribution in [1.29, 1.82) is 0 Å². The maximum atomic E-state index is 13.8. The van der Waals surface area contributed by atoms with Gasteiger partial charge in [-0.2, -0.15) is 9.78 Å². The molecule has 0 atom stereocenters. The molecule has 3 aromatic rings. The summed E-state index contributed by atoms with van der Waals surface area (Å²) in [6, 6.07) is 13.0. The zero-order valence-corrected chi connectivity index (χ0v) is 17.8. The van der Waals surface area contributed by atoms with Crippen LogP contribution in [0.5, 0.6) is 5.88 Å². The Kier molecular flexibility index (Phi) is 6.81. The van der Waals surface area contributed by atoms with Gasteiger partial charge >= 0.3 is 5.97 Å². The molecule has 0 spiro atoms. The first-order valence-electron chi connectivity index (χ1n) is 9.76. The summed E-state index contributed by atoms with van der Waals surface area (Å²) >= 11 is 0. The second-order valence-corrected chi connectivity index (χ2v) is 7.26. The van der Waals surface area contributed by atoms with Crippen LogP contribution in [-0.2, 0) is 14.3 Å². The van der Waals surface area contributed by atoms with Crippen LogP contribution in [0.2, 0.25) is 0 Å². The third-order valence-electron chi connectivity index (χ3n) is 4.44. The minimum absolute atomic E-state index is 0.000185. The van der Waals surface area contributed by atoms with E-state index in [0.717, 1.165) is 5.56 Å². The number of anilines is 1. The topological polar surface area (TPSA) is 82.4 Å². The van der Waals surface area contributed by atoms with Crippen molar-refractivity contribution >= 4 is 17.6 Å². The number of hydrogen-bond donors (Lipinski definition) is 1. The predicted molar refractivity (Wildman–Crippen MR) is 115 cm³/mol. The Hall–Kier alpha value is -3.52. The second kappa shape index (κ2) is 9.53. The van der Waals surface area contributed by atoms with Gasteiger partial charge in [-0.05, 0) is 41.8 Å². The first-order valence-corrected chi connectivity index (χ1v) is 9.76. The van der Waals surface area contributed by atoms with Crippen LogP contribution in [0.15, 0.2) is 48.5 Å². The maximum absolute atomic E-state index is 13.8. The number of methoxy groups -OCH3 is 1. The van der Waals surface area contributed by atoms with Crippen LogP contribution >= 0.6 is 0 Å². The Morgan fingerprint density at radius 2 is 1.87 bits per heavy atom. The van der Waals surface area contributed by atoms with Gasteiger partial charge in [-0.3, -0.25) is 9.59 Å². The lowest BCUT2D eigenvalue weighted by molar-refractivity contribution is -0.132. The van der Waals surface area contributed by atoms with E-state index in [-0.39, 0.29) is 24.3 Å². The highest BCUT2D eigenvalue weighted by Gasteiger charge is 2.25. The number of rotatable bonds is 7. The number of halogens is 1. The third-order valence-corrected chi connectivity index (χ3v) is 4.44. The molecule has 1 N–H and O–H groups in total. The average molecular weight is 425 g/mol. The molecule has 7 nitrogen and oxygen atoms in total. The van der Waals surface area contributed by atoms with Gasteiger partial charge in [-0.15, -0.1) is 0 Å². The van der Waals surface area contributed by atoms with Gasteiger partial charge in [0.05, 0.1) is 16.9 Å².